The normalized spacial score (nSPS) is 15.3. The molecule has 1 aromatic carbocycles. The summed E-state index contributed by atoms with van der Waals surface area (Å²) in [4.78, 5) is 21.1. The summed E-state index contributed by atoms with van der Waals surface area (Å²) in [5, 5.41) is 0. The molecule has 0 unspecified atom stereocenters. The predicted octanol–water partition coefficient (Wildman–Crippen LogP) is 3.07. The molecule has 0 atom stereocenters. The smallest absolute Gasteiger partial charge is 0.253 e. The zero-order valence-electron chi connectivity index (χ0n) is 15.6. The van der Waals surface area contributed by atoms with Crippen LogP contribution in [0.15, 0.2) is 48.8 Å². The van der Waals surface area contributed by atoms with Gasteiger partial charge in [-0.25, -0.2) is 0 Å². The van der Waals surface area contributed by atoms with Gasteiger partial charge in [0.1, 0.15) is 5.75 Å². The standard InChI is InChI=1S/C21H27N3O2/c1-17(2)16-26-20-5-3-19(4-6-20)21(25)24-13-11-23(12-14-24)15-18-7-9-22-10-8-18/h3-10,17H,11-16H2,1-2H3. The third-order valence-electron chi connectivity index (χ3n) is 4.50. The van der Waals surface area contributed by atoms with Gasteiger partial charge in [0.05, 0.1) is 6.61 Å². The quantitative estimate of drug-likeness (QED) is 0.801. The highest BCUT2D eigenvalue weighted by atomic mass is 16.5. The number of hydrogen-bond donors (Lipinski definition) is 0. The second-order valence-electron chi connectivity index (χ2n) is 7.15. The Kier molecular flexibility index (Phi) is 6.23. The van der Waals surface area contributed by atoms with Gasteiger partial charge < -0.3 is 9.64 Å². The van der Waals surface area contributed by atoms with Crippen LogP contribution in [0.25, 0.3) is 0 Å². The Hall–Kier alpha value is -2.40. The fraction of sp³-hybridized carbons (Fsp3) is 0.429. The molecular weight excluding hydrogens is 326 g/mol. The molecule has 1 saturated heterocycles. The molecular formula is C21H27N3O2. The first-order valence-electron chi connectivity index (χ1n) is 9.25. The largest absolute Gasteiger partial charge is 0.493 e. The van der Waals surface area contributed by atoms with Crippen molar-refractivity contribution >= 4 is 5.91 Å². The molecule has 5 heteroatoms. The number of carbonyl (C=O) groups excluding carboxylic acids is 1. The zero-order chi connectivity index (χ0) is 18.4. The summed E-state index contributed by atoms with van der Waals surface area (Å²) in [6, 6.07) is 11.6. The van der Waals surface area contributed by atoms with E-state index in [1.165, 1.54) is 5.56 Å². The average Bonchev–Trinajstić information content (AvgIpc) is 2.68. The molecule has 2 heterocycles. The van der Waals surface area contributed by atoms with Crippen molar-refractivity contribution in [3.8, 4) is 5.75 Å². The number of amides is 1. The van der Waals surface area contributed by atoms with Crippen molar-refractivity contribution < 1.29 is 9.53 Å². The number of hydrogen-bond acceptors (Lipinski definition) is 4. The van der Waals surface area contributed by atoms with E-state index in [2.05, 4.69) is 23.7 Å². The van der Waals surface area contributed by atoms with E-state index in [1.807, 2.05) is 53.7 Å². The summed E-state index contributed by atoms with van der Waals surface area (Å²) in [5.74, 6) is 1.40. The lowest BCUT2D eigenvalue weighted by Crippen LogP contribution is -2.48. The van der Waals surface area contributed by atoms with E-state index in [0.29, 0.717) is 12.5 Å². The SMILES string of the molecule is CC(C)COc1ccc(C(=O)N2CCN(Cc3ccncc3)CC2)cc1. The van der Waals surface area contributed by atoms with Crippen LogP contribution in [0.3, 0.4) is 0 Å². The lowest BCUT2D eigenvalue weighted by atomic mass is 10.1. The Morgan fingerprint density at radius 2 is 1.69 bits per heavy atom. The van der Waals surface area contributed by atoms with E-state index in [0.717, 1.165) is 44.0 Å². The van der Waals surface area contributed by atoms with Crippen LogP contribution in [-0.2, 0) is 6.54 Å². The van der Waals surface area contributed by atoms with Crippen LogP contribution in [0.2, 0.25) is 0 Å². The molecule has 0 radical (unpaired) electrons. The van der Waals surface area contributed by atoms with E-state index < -0.39 is 0 Å². The van der Waals surface area contributed by atoms with Crippen LogP contribution >= 0.6 is 0 Å². The lowest BCUT2D eigenvalue weighted by molar-refractivity contribution is 0.0628. The summed E-state index contributed by atoms with van der Waals surface area (Å²) in [7, 11) is 0. The fourth-order valence-electron chi connectivity index (χ4n) is 2.99. The van der Waals surface area contributed by atoms with Crippen molar-refractivity contribution in [2.75, 3.05) is 32.8 Å². The lowest BCUT2D eigenvalue weighted by Gasteiger charge is -2.34. The molecule has 138 valence electrons. The number of pyridine rings is 1. The highest BCUT2D eigenvalue weighted by Crippen LogP contribution is 2.16. The van der Waals surface area contributed by atoms with Gasteiger partial charge in [-0.1, -0.05) is 13.8 Å². The molecule has 1 aliphatic rings. The minimum absolute atomic E-state index is 0.101. The van der Waals surface area contributed by atoms with Crippen molar-refractivity contribution in [3.05, 3.63) is 59.9 Å². The van der Waals surface area contributed by atoms with Crippen molar-refractivity contribution in [2.45, 2.75) is 20.4 Å². The summed E-state index contributed by atoms with van der Waals surface area (Å²) < 4.78 is 5.68. The first kappa shape index (κ1) is 18.4. The van der Waals surface area contributed by atoms with E-state index >= 15 is 0 Å². The highest BCUT2D eigenvalue weighted by molar-refractivity contribution is 5.94. The Bertz CT molecular complexity index is 693. The van der Waals surface area contributed by atoms with Gasteiger partial charge in [0, 0.05) is 50.7 Å². The molecule has 2 aromatic rings. The van der Waals surface area contributed by atoms with Crippen LogP contribution in [0, 0.1) is 5.92 Å². The van der Waals surface area contributed by atoms with Crippen molar-refractivity contribution in [3.63, 3.8) is 0 Å². The van der Waals surface area contributed by atoms with Crippen LogP contribution in [0.4, 0.5) is 0 Å². The van der Waals surface area contributed by atoms with Crippen LogP contribution < -0.4 is 4.74 Å². The Morgan fingerprint density at radius 1 is 1.04 bits per heavy atom. The first-order chi connectivity index (χ1) is 12.6. The van der Waals surface area contributed by atoms with Gasteiger partial charge in [-0.15, -0.1) is 0 Å². The van der Waals surface area contributed by atoms with Gasteiger partial charge in [-0.3, -0.25) is 14.7 Å². The number of nitrogens with zero attached hydrogens (tertiary/aromatic N) is 3. The summed E-state index contributed by atoms with van der Waals surface area (Å²) in [5.41, 5.74) is 1.99. The molecule has 1 fully saturated rings. The highest BCUT2D eigenvalue weighted by Gasteiger charge is 2.22. The Balaban J connectivity index is 1.50. The van der Waals surface area contributed by atoms with E-state index in [4.69, 9.17) is 4.74 Å². The van der Waals surface area contributed by atoms with E-state index in [1.54, 1.807) is 0 Å². The minimum atomic E-state index is 0.101. The summed E-state index contributed by atoms with van der Waals surface area (Å²) in [6.07, 6.45) is 3.65. The predicted molar refractivity (Wildman–Crippen MR) is 102 cm³/mol. The second kappa shape index (κ2) is 8.81. The van der Waals surface area contributed by atoms with Gasteiger partial charge >= 0.3 is 0 Å². The molecule has 1 aromatic heterocycles. The topological polar surface area (TPSA) is 45.7 Å². The Morgan fingerprint density at radius 3 is 2.31 bits per heavy atom. The molecule has 1 aliphatic heterocycles. The van der Waals surface area contributed by atoms with Gasteiger partial charge in [0.2, 0.25) is 0 Å². The molecule has 3 rings (SSSR count). The molecule has 0 saturated carbocycles. The summed E-state index contributed by atoms with van der Waals surface area (Å²) in [6.45, 7) is 9.13. The molecule has 0 spiro atoms. The fourth-order valence-corrected chi connectivity index (χ4v) is 2.99. The molecule has 26 heavy (non-hydrogen) atoms. The van der Waals surface area contributed by atoms with E-state index in [-0.39, 0.29) is 5.91 Å². The van der Waals surface area contributed by atoms with Gasteiger partial charge in [0.15, 0.2) is 0 Å². The van der Waals surface area contributed by atoms with Gasteiger partial charge in [-0.2, -0.15) is 0 Å². The zero-order valence-corrected chi connectivity index (χ0v) is 15.6. The maximum atomic E-state index is 12.7. The number of carbonyl (C=O) groups is 1. The third kappa shape index (κ3) is 5.05. The number of rotatable bonds is 6. The van der Waals surface area contributed by atoms with Gasteiger partial charge in [-0.05, 0) is 47.9 Å². The molecule has 1 amide bonds. The summed E-state index contributed by atoms with van der Waals surface area (Å²) >= 11 is 0. The average molecular weight is 353 g/mol. The van der Waals surface area contributed by atoms with Gasteiger partial charge in [0.25, 0.3) is 5.91 Å². The molecule has 0 bridgehead atoms. The molecule has 0 aliphatic carbocycles. The van der Waals surface area contributed by atoms with Crippen LogP contribution in [0.5, 0.6) is 5.75 Å². The van der Waals surface area contributed by atoms with Crippen LogP contribution in [-0.4, -0.2) is 53.5 Å². The number of piperazine rings is 1. The number of ether oxygens (including phenoxy) is 1. The number of aromatic nitrogens is 1. The van der Waals surface area contributed by atoms with E-state index in [9.17, 15) is 4.79 Å². The minimum Gasteiger partial charge on any atom is -0.493 e. The third-order valence-corrected chi connectivity index (χ3v) is 4.50. The maximum Gasteiger partial charge on any atom is 0.253 e. The molecule has 5 nitrogen and oxygen atoms in total. The first-order valence-corrected chi connectivity index (χ1v) is 9.25. The van der Waals surface area contributed by atoms with Crippen LogP contribution in [0.1, 0.15) is 29.8 Å². The van der Waals surface area contributed by atoms with Crippen molar-refractivity contribution in [1.29, 1.82) is 0 Å². The second-order valence-corrected chi connectivity index (χ2v) is 7.15. The number of benzene rings is 1. The molecule has 0 N–H and O–H groups in total. The van der Waals surface area contributed by atoms with Crippen molar-refractivity contribution in [2.24, 2.45) is 5.92 Å². The Labute approximate surface area is 155 Å². The monoisotopic (exact) mass is 353 g/mol. The van der Waals surface area contributed by atoms with Crippen molar-refractivity contribution in [1.82, 2.24) is 14.8 Å². The maximum absolute atomic E-state index is 12.7.